The molecule has 1 aromatic carbocycles. The minimum Gasteiger partial charge on any atom is -0.338 e. The van der Waals surface area contributed by atoms with Gasteiger partial charge in [-0.3, -0.25) is 9.59 Å². The Bertz CT molecular complexity index is 756. The van der Waals surface area contributed by atoms with Crippen LogP contribution in [0.4, 0.5) is 5.13 Å². The van der Waals surface area contributed by atoms with Crippen molar-refractivity contribution in [3.05, 3.63) is 40.4 Å². The van der Waals surface area contributed by atoms with Gasteiger partial charge < -0.3 is 10.2 Å². The fourth-order valence-electron chi connectivity index (χ4n) is 2.97. The number of anilines is 1. The fourth-order valence-corrected chi connectivity index (χ4v) is 3.65. The van der Waals surface area contributed by atoms with Crippen molar-refractivity contribution >= 4 is 28.3 Å². The van der Waals surface area contributed by atoms with Gasteiger partial charge in [0.05, 0.1) is 12.0 Å². The summed E-state index contributed by atoms with van der Waals surface area (Å²) in [7, 11) is 1.75. The number of carbonyl (C=O) groups excluding carboxylic acids is 2. The van der Waals surface area contributed by atoms with Crippen LogP contribution in [0, 0.1) is 12.8 Å². The lowest BCUT2D eigenvalue weighted by Gasteiger charge is -2.24. The maximum atomic E-state index is 12.7. The number of aryl methyl sites for hydroxylation is 2. The van der Waals surface area contributed by atoms with Crippen molar-refractivity contribution < 1.29 is 9.59 Å². The molecule has 2 unspecified atom stereocenters. The maximum Gasteiger partial charge on any atom is 0.232 e. The standard InChI is InChI=1S/C17H20N4O2S/c1-4-13-19-20-17(24-13)18-16(23)12-9-14(22)21(3)15(12)11-7-5-10(2)6-8-11/h5-8,12,15H,4,9H2,1-3H3,(H,18,20,23). The molecule has 0 spiro atoms. The van der Waals surface area contributed by atoms with Gasteiger partial charge in [-0.1, -0.05) is 48.1 Å². The number of carbonyl (C=O) groups is 2. The summed E-state index contributed by atoms with van der Waals surface area (Å²) in [5.41, 5.74) is 2.12. The lowest BCUT2D eigenvalue weighted by Crippen LogP contribution is -2.30. The molecule has 7 heteroatoms. The van der Waals surface area contributed by atoms with Crippen LogP contribution < -0.4 is 5.32 Å². The zero-order chi connectivity index (χ0) is 17.3. The maximum absolute atomic E-state index is 12.7. The molecule has 1 N–H and O–H groups in total. The van der Waals surface area contributed by atoms with Gasteiger partial charge in [0, 0.05) is 13.5 Å². The van der Waals surface area contributed by atoms with Crippen LogP contribution in [0.25, 0.3) is 0 Å². The highest BCUT2D eigenvalue weighted by molar-refractivity contribution is 7.15. The molecule has 1 aromatic heterocycles. The lowest BCUT2D eigenvalue weighted by molar-refractivity contribution is -0.127. The van der Waals surface area contributed by atoms with E-state index in [9.17, 15) is 9.59 Å². The summed E-state index contributed by atoms with van der Waals surface area (Å²) < 4.78 is 0. The Morgan fingerprint density at radius 2 is 2.04 bits per heavy atom. The molecule has 0 aliphatic carbocycles. The molecule has 2 amide bonds. The average molecular weight is 344 g/mol. The van der Waals surface area contributed by atoms with Crippen LogP contribution in [0.5, 0.6) is 0 Å². The van der Waals surface area contributed by atoms with Gasteiger partial charge in [0.25, 0.3) is 0 Å². The Kier molecular flexibility index (Phi) is 4.62. The van der Waals surface area contributed by atoms with Crippen molar-refractivity contribution in [3.8, 4) is 0 Å². The second kappa shape index (κ2) is 6.68. The number of nitrogens with zero attached hydrogens (tertiary/aromatic N) is 3. The van der Waals surface area contributed by atoms with Crippen molar-refractivity contribution in [1.29, 1.82) is 0 Å². The molecule has 1 aliphatic heterocycles. The summed E-state index contributed by atoms with van der Waals surface area (Å²) >= 11 is 1.37. The first kappa shape index (κ1) is 16.6. The minimum atomic E-state index is -0.431. The Hall–Kier alpha value is -2.28. The highest BCUT2D eigenvalue weighted by Gasteiger charge is 2.42. The summed E-state index contributed by atoms with van der Waals surface area (Å²) in [6.07, 6.45) is 0.991. The summed E-state index contributed by atoms with van der Waals surface area (Å²) in [6.45, 7) is 4.00. The van der Waals surface area contributed by atoms with E-state index < -0.39 is 5.92 Å². The van der Waals surface area contributed by atoms with Gasteiger partial charge in [0.15, 0.2) is 0 Å². The van der Waals surface area contributed by atoms with Crippen LogP contribution in [0.3, 0.4) is 0 Å². The Balaban J connectivity index is 1.82. The molecule has 1 fully saturated rings. The molecule has 1 saturated heterocycles. The van der Waals surface area contributed by atoms with Gasteiger partial charge in [-0.15, -0.1) is 10.2 Å². The number of amides is 2. The molecule has 6 nitrogen and oxygen atoms in total. The van der Waals surface area contributed by atoms with Crippen LogP contribution in [0.1, 0.15) is 35.5 Å². The summed E-state index contributed by atoms with van der Waals surface area (Å²) in [5.74, 6) is -0.636. The van der Waals surface area contributed by atoms with Crippen molar-refractivity contribution in [2.45, 2.75) is 32.7 Å². The van der Waals surface area contributed by atoms with Crippen LogP contribution in [-0.2, 0) is 16.0 Å². The molecule has 24 heavy (non-hydrogen) atoms. The number of likely N-dealkylation sites (tertiary alicyclic amines) is 1. The molecule has 0 radical (unpaired) electrons. The van der Waals surface area contributed by atoms with E-state index in [1.165, 1.54) is 11.3 Å². The van der Waals surface area contributed by atoms with Crippen molar-refractivity contribution in [3.63, 3.8) is 0 Å². The molecule has 1 aliphatic rings. The first-order valence-corrected chi connectivity index (χ1v) is 8.76. The highest BCUT2D eigenvalue weighted by atomic mass is 32.1. The third-order valence-electron chi connectivity index (χ3n) is 4.34. The predicted molar refractivity (Wildman–Crippen MR) is 92.7 cm³/mol. The van der Waals surface area contributed by atoms with Crippen LogP contribution in [0.2, 0.25) is 0 Å². The van der Waals surface area contributed by atoms with Gasteiger partial charge in [-0.2, -0.15) is 0 Å². The molecule has 0 bridgehead atoms. The normalized spacial score (nSPS) is 20.5. The third kappa shape index (κ3) is 3.17. The van der Waals surface area contributed by atoms with Gasteiger partial charge in [0.2, 0.25) is 16.9 Å². The number of benzene rings is 1. The Morgan fingerprint density at radius 3 is 2.67 bits per heavy atom. The highest BCUT2D eigenvalue weighted by Crippen LogP contribution is 2.37. The van der Waals surface area contributed by atoms with Gasteiger partial charge in [0.1, 0.15) is 5.01 Å². The van der Waals surface area contributed by atoms with Gasteiger partial charge in [-0.25, -0.2) is 0 Å². The molecule has 2 atom stereocenters. The molecular weight excluding hydrogens is 324 g/mol. The van der Waals surface area contributed by atoms with Crippen LogP contribution in [-0.4, -0.2) is 34.0 Å². The van der Waals surface area contributed by atoms with E-state index >= 15 is 0 Å². The van der Waals surface area contributed by atoms with E-state index in [1.54, 1.807) is 11.9 Å². The molecule has 2 heterocycles. The monoisotopic (exact) mass is 344 g/mol. The molecule has 0 saturated carbocycles. The topological polar surface area (TPSA) is 75.2 Å². The van der Waals surface area contributed by atoms with Crippen molar-refractivity contribution in [1.82, 2.24) is 15.1 Å². The second-order valence-corrected chi connectivity index (χ2v) is 7.08. The number of nitrogens with one attached hydrogen (secondary N) is 1. The summed E-state index contributed by atoms with van der Waals surface area (Å²) in [5, 5.41) is 12.2. The summed E-state index contributed by atoms with van der Waals surface area (Å²) in [6, 6.07) is 7.71. The number of aromatic nitrogens is 2. The van der Waals surface area contributed by atoms with E-state index in [0.717, 1.165) is 22.6 Å². The number of hydrogen-bond donors (Lipinski definition) is 1. The lowest BCUT2D eigenvalue weighted by atomic mass is 9.92. The van der Waals surface area contributed by atoms with E-state index in [1.807, 2.05) is 38.1 Å². The molecular formula is C17H20N4O2S. The van der Waals surface area contributed by atoms with Gasteiger partial charge >= 0.3 is 0 Å². The number of rotatable bonds is 4. The van der Waals surface area contributed by atoms with E-state index in [-0.39, 0.29) is 24.3 Å². The molecule has 2 aromatic rings. The third-order valence-corrected chi connectivity index (χ3v) is 5.32. The molecule has 3 rings (SSSR count). The number of hydrogen-bond acceptors (Lipinski definition) is 5. The Labute approximate surface area is 144 Å². The quantitative estimate of drug-likeness (QED) is 0.925. The average Bonchev–Trinajstić information content (AvgIpc) is 3.14. The first-order valence-electron chi connectivity index (χ1n) is 7.95. The summed E-state index contributed by atoms with van der Waals surface area (Å²) in [4.78, 5) is 26.5. The largest absolute Gasteiger partial charge is 0.338 e. The van der Waals surface area contributed by atoms with E-state index in [2.05, 4.69) is 15.5 Å². The van der Waals surface area contributed by atoms with Crippen molar-refractivity contribution in [2.75, 3.05) is 12.4 Å². The van der Waals surface area contributed by atoms with Crippen molar-refractivity contribution in [2.24, 2.45) is 5.92 Å². The zero-order valence-corrected chi connectivity index (χ0v) is 14.8. The van der Waals surface area contributed by atoms with Crippen LogP contribution >= 0.6 is 11.3 Å². The predicted octanol–water partition coefficient (Wildman–Crippen LogP) is 2.57. The van der Waals surface area contributed by atoms with E-state index in [4.69, 9.17) is 0 Å². The van der Waals surface area contributed by atoms with Crippen LogP contribution in [0.15, 0.2) is 24.3 Å². The SMILES string of the molecule is CCc1nnc(NC(=O)C2CC(=O)N(C)C2c2ccc(C)cc2)s1. The van der Waals surface area contributed by atoms with E-state index in [0.29, 0.717) is 5.13 Å². The molecule has 126 valence electrons. The Morgan fingerprint density at radius 1 is 1.33 bits per heavy atom. The first-order chi connectivity index (χ1) is 11.5. The second-order valence-electron chi connectivity index (χ2n) is 6.01. The fraction of sp³-hybridized carbons (Fsp3) is 0.412. The minimum absolute atomic E-state index is 0.0211. The zero-order valence-electron chi connectivity index (χ0n) is 13.9. The van der Waals surface area contributed by atoms with Gasteiger partial charge in [-0.05, 0) is 18.9 Å². The smallest absolute Gasteiger partial charge is 0.232 e.